The van der Waals surface area contributed by atoms with Crippen LogP contribution in [-0.4, -0.2) is 55.9 Å². The summed E-state index contributed by atoms with van der Waals surface area (Å²) in [4.78, 5) is 18.0. The molecule has 0 unspecified atom stereocenters. The molecule has 1 N–H and O–H groups in total. The fourth-order valence-electron chi connectivity index (χ4n) is 3.82. The third-order valence-electron chi connectivity index (χ3n) is 5.21. The lowest BCUT2D eigenvalue weighted by atomic mass is 10.1. The summed E-state index contributed by atoms with van der Waals surface area (Å²) in [6.45, 7) is 5.25. The van der Waals surface area contributed by atoms with E-state index < -0.39 is 0 Å². The van der Waals surface area contributed by atoms with Gasteiger partial charge in [-0.05, 0) is 19.1 Å². The molecule has 1 saturated heterocycles. The Bertz CT molecular complexity index is 1150. The van der Waals surface area contributed by atoms with Crippen LogP contribution < -0.4 is 9.80 Å². The number of para-hydroxylation sites is 1. The van der Waals surface area contributed by atoms with Crippen LogP contribution >= 0.6 is 0 Å². The summed E-state index contributed by atoms with van der Waals surface area (Å²) in [7, 11) is 0. The maximum absolute atomic E-state index is 9.86. The zero-order valence-corrected chi connectivity index (χ0v) is 15.7. The van der Waals surface area contributed by atoms with Gasteiger partial charge in [-0.25, -0.2) is 9.97 Å². The minimum Gasteiger partial charge on any atom is -0.392 e. The largest absolute Gasteiger partial charge is 0.392 e. The number of aliphatic hydroxyl groups excluding tert-OH is 1. The molecule has 3 aromatic heterocycles. The quantitative estimate of drug-likeness (QED) is 0.585. The molecule has 0 atom stereocenters. The predicted octanol–water partition coefficient (Wildman–Crippen LogP) is 1.80. The van der Waals surface area contributed by atoms with Crippen LogP contribution in [0.3, 0.4) is 0 Å². The molecule has 8 heteroatoms. The normalized spacial score (nSPS) is 14.9. The van der Waals surface area contributed by atoms with Crippen molar-refractivity contribution in [1.29, 1.82) is 0 Å². The SMILES string of the molecule is Cc1cc(N2CCN(c3nc4ccccc4cc3CO)CC2)n2ncnc2n1. The van der Waals surface area contributed by atoms with Gasteiger partial charge in [0.05, 0.1) is 12.1 Å². The average Bonchev–Trinajstić information content (AvgIpc) is 3.20. The van der Waals surface area contributed by atoms with Gasteiger partial charge in [0.15, 0.2) is 0 Å². The number of aliphatic hydroxyl groups is 1. The highest BCUT2D eigenvalue weighted by Crippen LogP contribution is 2.26. The smallest absolute Gasteiger partial charge is 0.254 e. The van der Waals surface area contributed by atoms with E-state index in [2.05, 4.69) is 24.9 Å². The summed E-state index contributed by atoms with van der Waals surface area (Å²) in [6, 6.07) is 12.1. The van der Waals surface area contributed by atoms with Gasteiger partial charge in [0.1, 0.15) is 18.0 Å². The van der Waals surface area contributed by atoms with Crippen molar-refractivity contribution in [3.63, 3.8) is 0 Å². The number of hydrogen-bond acceptors (Lipinski definition) is 7. The van der Waals surface area contributed by atoms with Gasteiger partial charge in [-0.3, -0.25) is 0 Å². The lowest BCUT2D eigenvalue weighted by Crippen LogP contribution is -2.47. The van der Waals surface area contributed by atoms with Gasteiger partial charge in [0.2, 0.25) is 0 Å². The molecule has 0 spiro atoms. The number of anilines is 2. The monoisotopic (exact) mass is 375 g/mol. The van der Waals surface area contributed by atoms with Crippen molar-refractivity contribution in [3.8, 4) is 0 Å². The summed E-state index contributed by atoms with van der Waals surface area (Å²) >= 11 is 0. The second-order valence-electron chi connectivity index (χ2n) is 7.02. The number of nitrogens with zero attached hydrogens (tertiary/aromatic N) is 7. The zero-order valence-electron chi connectivity index (χ0n) is 15.7. The van der Waals surface area contributed by atoms with Crippen molar-refractivity contribution in [2.75, 3.05) is 36.0 Å². The highest BCUT2D eigenvalue weighted by Gasteiger charge is 2.23. The molecule has 0 amide bonds. The van der Waals surface area contributed by atoms with Crippen LogP contribution in [0, 0.1) is 6.92 Å². The predicted molar refractivity (Wildman–Crippen MR) is 108 cm³/mol. The topological polar surface area (TPSA) is 82.7 Å². The van der Waals surface area contributed by atoms with Crippen molar-refractivity contribution in [1.82, 2.24) is 24.6 Å². The van der Waals surface area contributed by atoms with Gasteiger partial charge in [-0.15, -0.1) is 0 Å². The Morgan fingerprint density at radius 3 is 2.61 bits per heavy atom. The Hall–Kier alpha value is -3.26. The van der Waals surface area contributed by atoms with E-state index in [0.717, 1.165) is 60.0 Å². The van der Waals surface area contributed by atoms with Crippen molar-refractivity contribution < 1.29 is 5.11 Å². The molecule has 0 aliphatic carbocycles. The standard InChI is InChI=1S/C20H21N7O/c1-14-10-18(27-20(23-14)21-13-22-27)25-6-8-26(9-7-25)19-16(12-28)11-15-4-2-3-5-17(15)24-19/h2-5,10-11,13,28H,6-9,12H2,1H3. The Balaban J connectivity index is 1.43. The van der Waals surface area contributed by atoms with Crippen LogP contribution in [0.5, 0.6) is 0 Å². The first-order chi connectivity index (χ1) is 13.7. The van der Waals surface area contributed by atoms with Gasteiger partial charge in [0.25, 0.3) is 5.78 Å². The molecule has 0 radical (unpaired) electrons. The van der Waals surface area contributed by atoms with Crippen molar-refractivity contribution in [3.05, 3.63) is 54.0 Å². The zero-order chi connectivity index (χ0) is 19.1. The van der Waals surface area contributed by atoms with Crippen LogP contribution in [0.4, 0.5) is 11.6 Å². The molecule has 142 valence electrons. The van der Waals surface area contributed by atoms with Crippen molar-refractivity contribution >= 4 is 28.3 Å². The number of piperazine rings is 1. The molecule has 4 aromatic rings. The molecule has 1 aliphatic heterocycles. The molecule has 1 aromatic carbocycles. The van der Waals surface area contributed by atoms with E-state index in [1.807, 2.05) is 43.3 Å². The number of aryl methyl sites for hydroxylation is 1. The van der Waals surface area contributed by atoms with Gasteiger partial charge in [-0.2, -0.15) is 14.6 Å². The van der Waals surface area contributed by atoms with E-state index in [-0.39, 0.29) is 6.61 Å². The van der Waals surface area contributed by atoms with Crippen LogP contribution in [0.15, 0.2) is 42.7 Å². The second kappa shape index (κ2) is 6.72. The molecule has 1 fully saturated rings. The summed E-state index contributed by atoms with van der Waals surface area (Å²) in [5, 5.41) is 15.2. The molecule has 0 saturated carbocycles. The molecule has 1 aliphatic rings. The van der Waals surface area contributed by atoms with E-state index in [9.17, 15) is 5.11 Å². The highest BCUT2D eigenvalue weighted by molar-refractivity contribution is 5.81. The minimum absolute atomic E-state index is 0.0174. The lowest BCUT2D eigenvalue weighted by molar-refractivity contribution is 0.281. The Morgan fingerprint density at radius 2 is 1.79 bits per heavy atom. The minimum atomic E-state index is -0.0174. The Kier molecular flexibility index (Phi) is 4.05. The maximum atomic E-state index is 9.86. The third-order valence-corrected chi connectivity index (χ3v) is 5.21. The van der Waals surface area contributed by atoms with E-state index in [1.165, 1.54) is 6.33 Å². The summed E-state index contributed by atoms with van der Waals surface area (Å²) in [6.07, 6.45) is 1.54. The molecule has 5 rings (SSSR count). The van der Waals surface area contributed by atoms with Gasteiger partial charge >= 0.3 is 0 Å². The number of benzene rings is 1. The fraction of sp³-hybridized carbons (Fsp3) is 0.300. The third kappa shape index (κ3) is 2.82. The van der Waals surface area contributed by atoms with Gasteiger partial charge in [0, 0.05) is 48.9 Å². The van der Waals surface area contributed by atoms with Gasteiger partial charge in [-0.1, -0.05) is 18.2 Å². The fourth-order valence-corrected chi connectivity index (χ4v) is 3.82. The van der Waals surface area contributed by atoms with E-state index in [1.54, 1.807) is 4.52 Å². The summed E-state index contributed by atoms with van der Waals surface area (Å²) < 4.78 is 1.79. The van der Waals surface area contributed by atoms with Crippen molar-refractivity contribution in [2.24, 2.45) is 0 Å². The first-order valence-corrected chi connectivity index (χ1v) is 9.40. The van der Waals surface area contributed by atoms with Crippen LogP contribution in [0.25, 0.3) is 16.7 Å². The summed E-state index contributed by atoms with van der Waals surface area (Å²) in [5.41, 5.74) is 2.74. The number of pyridine rings is 1. The second-order valence-corrected chi connectivity index (χ2v) is 7.02. The van der Waals surface area contributed by atoms with E-state index in [4.69, 9.17) is 4.98 Å². The number of rotatable bonds is 3. The summed E-state index contributed by atoms with van der Waals surface area (Å²) in [5.74, 6) is 2.50. The van der Waals surface area contributed by atoms with Crippen LogP contribution in [-0.2, 0) is 6.61 Å². The number of fused-ring (bicyclic) bond motifs is 2. The van der Waals surface area contributed by atoms with Gasteiger partial charge < -0.3 is 14.9 Å². The molecule has 0 bridgehead atoms. The Morgan fingerprint density at radius 1 is 1.00 bits per heavy atom. The first-order valence-electron chi connectivity index (χ1n) is 9.40. The molecule has 4 heterocycles. The molecule has 8 nitrogen and oxygen atoms in total. The number of hydrogen-bond donors (Lipinski definition) is 1. The lowest BCUT2D eigenvalue weighted by Gasteiger charge is -2.37. The first kappa shape index (κ1) is 16.9. The average molecular weight is 375 g/mol. The number of aromatic nitrogens is 5. The van der Waals surface area contributed by atoms with Crippen LogP contribution in [0.1, 0.15) is 11.3 Å². The van der Waals surface area contributed by atoms with E-state index in [0.29, 0.717) is 5.78 Å². The maximum Gasteiger partial charge on any atom is 0.254 e. The van der Waals surface area contributed by atoms with Crippen LogP contribution in [0.2, 0.25) is 0 Å². The molecular weight excluding hydrogens is 354 g/mol. The highest BCUT2D eigenvalue weighted by atomic mass is 16.3. The van der Waals surface area contributed by atoms with E-state index >= 15 is 0 Å². The van der Waals surface area contributed by atoms with Crippen molar-refractivity contribution in [2.45, 2.75) is 13.5 Å². The molecule has 28 heavy (non-hydrogen) atoms. The molecular formula is C20H21N7O. The Labute approximate surface area is 162 Å².